The number of aromatic nitrogens is 8. The van der Waals surface area contributed by atoms with E-state index in [1.165, 1.54) is 10.9 Å². The molecule has 12 heteroatoms. The van der Waals surface area contributed by atoms with Gasteiger partial charge in [0.2, 0.25) is 5.28 Å². The van der Waals surface area contributed by atoms with Crippen LogP contribution in [-0.2, 0) is 14.1 Å². The third-order valence-corrected chi connectivity index (χ3v) is 3.58. The van der Waals surface area contributed by atoms with Gasteiger partial charge in [-0.3, -0.25) is 19.1 Å². The molecule has 0 fully saturated rings. The number of aryl methyl sites for hydroxylation is 2. The Morgan fingerprint density at radius 3 is 2.38 bits per heavy atom. The van der Waals surface area contributed by atoms with Crippen molar-refractivity contribution in [3.8, 4) is 0 Å². The minimum absolute atomic E-state index is 0.139. The summed E-state index contributed by atoms with van der Waals surface area (Å²) in [4.78, 5) is 34.2. The van der Waals surface area contributed by atoms with E-state index in [0.717, 1.165) is 0 Å². The van der Waals surface area contributed by atoms with E-state index in [2.05, 4.69) is 30.1 Å². The monoisotopic (exact) mass is 368 g/mol. The van der Waals surface area contributed by atoms with Gasteiger partial charge in [0.1, 0.15) is 16.6 Å². The summed E-state index contributed by atoms with van der Waals surface area (Å²) in [7, 11) is 3.40. The predicted molar refractivity (Wildman–Crippen MR) is 88.3 cm³/mol. The van der Waals surface area contributed by atoms with Crippen LogP contribution >= 0.6 is 23.2 Å². The van der Waals surface area contributed by atoms with E-state index in [4.69, 9.17) is 23.2 Å². The molecule has 4 aromatic heterocycles. The van der Waals surface area contributed by atoms with E-state index in [-0.39, 0.29) is 5.28 Å². The fourth-order valence-corrected chi connectivity index (χ4v) is 2.64. The molecule has 0 aromatic carbocycles. The summed E-state index contributed by atoms with van der Waals surface area (Å²) in [5.41, 5.74) is 1.23. The number of hydrogen-bond donors (Lipinski definition) is 2. The average molecular weight is 369 g/mol. The fourth-order valence-electron chi connectivity index (χ4n) is 2.12. The highest BCUT2D eigenvalue weighted by molar-refractivity contribution is 6.35. The molecule has 0 radical (unpaired) electrons. The molecule has 0 aliphatic heterocycles. The first-order chi connectivity index (χ1) is 11.4. The van der Waals surface area contributed by atoms with Crippen LogP contribution in [0.15, 0.2) is 22.0 Å². The van der Waals surface area contributed by atoms with Gasteiger partial charge in [0.05, 0.1) is 17.9 Å². The standard InChI is InChI=1S/C6H4Cl2N4.C6H6N4O2/c1-12-4-3(2-9-12)10-6(8)11-5(4)7;1-10-4-3(2-7-10)8-6(12)9-5(4)11/h2H,1H3;2H,1H3,(H2,8,9,11,12). The minimum Gasteiger partial charge on any atom is -0.304 e. The maximum Gasteiger partial charge on any atom is 0.326 e. The van der Waals surface area contributed by atoms with Gasteiger partial charge in [-0.2, -0.15) is 10.2 Å². The second kappa shape index (κ2) is 6.06. The first kappa shape index (κ1) is 16.1. The molecular weight excluding hydrogens is 359 g/mol. The lowest BCUT2D eigenvalue weighted by Crippen LogP contribution is -2.22. The third kappa shape index (κ3) is 2.88. The zero-order valence-corrected chi connectivity index (χ0v) is 13.9. The van der Waals surface area contributed by atoms with Crippen molar-refractivity contribution in [3.63, 3.8) is 0 Å². The topological polar surface area (TPSA) is 127 Å². The second-order valence-corrected chi connectivity index (χ2v) is 5.42. The quantitative estimate of drug-likeness (QED) is 0.346. The highest BCUT2D eigenvalue weighted by Crippen LogP contribution is 2.20. The van der Waals surface area contributed by atoms with Crippen molar-refractivity contribution < 1.29 is 0 Å². The van der Waals surface area contributed by atoms with E-state index in [1.807, 2.05) is 0 Å². The van der Waals surface area contributed by atoms with Crippen LogP contribution in [0.5, 0.6) is 0 Å². The van der Waals surface area contributed by atoms with Gasteiger partial charge in [-0.1, -0.05) is 11.6 Å². The molecule has 24 heavy (non-hydrogen) atoms. The van der Waals surface area contributed by atoms with Crippen LogP contribution < -0.4 is 11.2 Å². The fraction of sp³-hybridized carbons (Fsp3) is 0.167. The Morgan fingerprint density at radius 1 is 0.958 bits per heavy atom. The van der Waals surface area contributed by atoms with E-state index in [1.54, 1.807) is 25.0 Å². The van der Waals surface area contributed by atoms with Gasteiger partial charge in [-0.05, 0) is 11.6 Å². The van der Waals surface area contributed by atoms with E-state index >= 15 is 0 Å². The molecule has 0 bridgehead atoms. The zero-order valence-electron chi connectivity index (χ0n) is 12.4. The van der Waals surface area contributed by atoms with Gasteiger partial charge in [0.25, 0.3) is 5.56 Å². The lowest BCUT2D eigenvalue weighted by molar-refractivity contribution is 0.791. The van der Waals surface area contributed by atoms with Crippen molar-refractivity contribution in [3.05, 3.63) is 43.7 Å². The van der Waals surface area contributed by atoms with Crippen molar-refractivity contribution in [2.45, 2.75) is 0 Å². The molecular formula is C12H10Cl2N8O2. The molecule has 2 N–H and O–H groups in total. The molecule has 0 unspecified atom stereocenters. The lowest BCUT2D eigenvalue weighted by Gasteiger charge is -1.95. The average Bonchev–Trinajstić information content (AvgIpc) is 3.03. The second-order valence-electron chi connectivity index (χ2n) is 4.72. The van der Waals surface area contributed by atoms with E-state index in [0.29, 0.717) is 27.2 Å². The van der Waals surface area contributed by atoms with E-state index < -0.39 is 11.2 Å². The van der Waals surface area contributed by atoms with Crippen LogP contribution in [0.1, 0.15) is 0 Å². The lowest BCUT2D eigenvalue weighted by atomic mass is 10.5. The Labute approximate surface area is 143 Å². The van der Waals surface area contributed by atoms with Crippen LogP contribution in [0.2, 0.25) is 10.4 Å². The van der Waals surface area contributed by atoms with Gasteiger partial charge in [-0.15, -0.1) is 0 Å². The Balaban J connectivity index is 0.000000141. The SMILES string of the molecule is Cn1ncc2[nH]c(=O)[nH]c(=O)c21.Cn1ncc2nc(Cl)nc(Cl)c21. The third-order valence-electron chi connectivity index (χ3n) is 3.15. The number of nitrogens with one attached hydrogen (secondary N) is 2. The molecule has 0 saturated heterocycles. The molecule has 4 rings (SSSR count). The van der Waals surface area contributed by atoms with Crippen molar-refractivity contribution in [1.82, 2.24) is 39.5 Å². The number of rotatable bonds is 0. The van der Waals surface area contributed by atoms with Crippen molar-refractivity contribution in [2.75, 3.05) is 0 Å². The van der Waals surface area contributed by atoms with Crippen LogP contribution in [0.3, 0.4) is 0 Å². The number of hydrogen-bond acceptors (Lipinski definition) is 6. The summed E-state index contributed by atoms with van der Waals surface area (Å²) in [5, 5.41) is 8.26. The number of aromatic amines is 2. The van der Waals surface area contributed by atoms with Crippen LogP contribution in [0, 0.1) is 0 Å². The normalized spacial score (nSPS) is 10.8. The summed E-state index contributed by atoms with van der Waals surface area (Å²) < 4.78 is 3.01. The van der Waals surface area contributed by atoms with Crippen LogP contribution in [0.25, 0.3) is 22.1 Å². The number of nitrogens with zero attached hydrogens (tertiary/aromatic N) is 6. The van der Waals surface area contributed by atoms with Gasteiger partial charge in [-0.25, -0.2) is 14.8 Å². The minimum atomic E-state index is -0.513. The maximum atomic E-state index is 11.1. The Hall–Kier alpha value is -2.72. The predicted octanol–water partition coefficient (Wildman–Crippen LogP) is 0.620. The molecule has 0 atom stereocenters. The molecule has 4 heterocycles. The summed E-state index contributed by atoms with van der Waals surface area (Å²) in [5.74, 6) is 0. The molecule has 0 aliphatic carbocycles. The highest BCUT2D eigenvalue weighted by Gasteiger charge is 2.08. The smallest absolute Gasteiger partial charge is 0.304 e. The summed E-state index contributed by atoms with van der Waals surface area (Å²) in [6, 6.07) is 0. The van der Waals surface area contributed by atoms with E-state index in [9.17, 15) is 9.59 Å². The molecule has 0 spiro atoms. The number of H-pyrrole nitrogens is 2. The first-order valence-electron chi connectivity index (χ1n) is 6.52. The molecule has 4 aromatic rings. The summed E-state index contributed by atoms with van der Waals surface area (Å²) >= 11 is 11.4. The van der Waals surface area contributed by atoms with Crippen molar-refractivity contribution in [2.24, 2.45) is 14.1 Å². The number of halogens is 2. The Morgan fingerprint density at radius 2 is 1.62 bits per heavy atom. The van der Waals surface area contributed by atoms with Gasteiger partial charge < -0.3 is 4.98 Å². The highest BCUT2D eigenvalue weighted by atomic mass is 35.5. The van der Waals surface area contributed by atoms with Crippen LogP contribution in [-0.4, -0.2) is 39.5 Å². The Bertz CT molecular complexity index is 1160. The largest absolute Gasteiger partial charge is 0.326 e. The van der Waals surface area contributed by atoms with Gasteiger partial charge in [0, 0.05) is 14.1 Å². The molecule has 124 valence electrons. The summed E-state index contributed by atoms with van der Waals surface area (Å²) in [6.45, 7) is 0. The zero-order chi connectivity index (χ0) is 17.4. The van der Waals surface area contributed by atoms with Crippen LogP contribution in [0.4, 0.5) is 0 Å². The molecule has 0 aliphatic rings. The van der Waals surface area contributed by atoms with Crippen molar-refractivity contribution in [1.29, 1.82) is 0 Å². The van der Waals surface area contributed by atoms with Gasteiger partial charge in [0.15, 0.2) is 5.15 Å². The molecule has 10 nitrogen and oxygen atoms in total. The summed E-state index contributed by atoms with van der Waals surface area (Å²) in [6.07, 6.45) is 3.03. The van der Waals surface area contributed by atoms with Crippen molar-refractivity contribution >= 4 is 45.3 Å². The first-order valence-corrected chi connectivity index (χ1v) is 7.27. The Kier molecular flexibility index (Phi) is 4.08. The molecule has 0 saturated carbocycles. The number of fused-ring (bicyclic) bond motifs is 2. The molecule has 0 amide bonds. The maximum absolute atomic E-state index is 11.1. The van der Waals surface area contributed by atoms with Gasteiger partial charge >= 0.3 is 5.69 Å².